The zero-order valence-electron chi connectivity index (χ0n) is 10.6. The zero-order chi connectivity index (χ0) is 14.1. The maximum Gasteiger partial charge on any atom is 0.255 e. The van der Waals surface area contributed by atoms with Gasteiger partial charge in [0.1, 0.15) is 11.6 Å². The molecule has 3 rings (SSSR count). The number of hydrogen-bond donors (Lipinski definition) is 2. The zero-order valence-corrected chi connectivity index (χ0v) is 10.6. The molecule has 1 fully saturated rings. The van der Waals surface area contributed by atoms with E-state index in [-0.39, 0.29) is 22.7 Å². The summed E-state index contributed by atoms with van der Waals surface area (Å²) in [7, 11) is 0. The maximum absolute atomic E-state index is 13.8. The first kappa shape index (κ1) is 12.8. The van der Waals surface area contributed by atoms with Gasteiger partial charge in [0.15, 0.2) is 0 Å². The van der Waals surface area contributed by atoms with Crippen molar-refractivity contribution in [3.05, 3.63) is 41.6 Å². The lowest BCUT2D eigenvalue weighted by Crippen LogP contribution is -2.25. The van der Waals surface area contributed by atoms with Crippen LogP contribution in [0.5, 0.6) is 0 Å². The van der Waals surface area contributed by atoms with Crippen LogP contribution in [0.1, 0.15) is 23.2 Å². The van der Waals surface area contributed by atoms with Crippen molar-refractivity contribution in [1.29, 1.82) is 0 Å². The van der Waals surface area contributed by atoms with Gasteiger partial charge in [-0.3, -0.25) is 9.89 Å². The first-order valence-corrected chi connectivity index (χ1v) is 6.42. The van der Waals surface area contributed by atoms with Crippen LogP contribution in [0.3, 0.4) is 0 Å². The molecular weight excluding hydrogens is 264 g/mol. The lowest BCUT2D eigenvalue weighted by molar-refractivity contribution is 0.0952. The summed E-state index contributed by atoms with van der Waals surface area (Å²) in [6.45, 7) is 0.587. The Hall–Kier alpha value is -2.24. The number of rotatable bonds is 4. The molecule has 1 aromatic carbocycles. The lowest BCUT2D eigenvalue weighted by Gasteiger charge is -2.06. The first-order chi connectivity index (χ1) is 9.66. The summed E-state index contributed by atoms with van der Waals surface area (Å²) in [5.74, 6) is -1.31. The van der Waals surface area contributed by atoms with Gasteiger partial charge >= 0.3 is 0 Å². The third-order valence-electron chi connectivity index (χ3n) is 3.34. The minimum Gasteiger partial charge on any atom is -0.352 e. The minimum atomic E-state index is -0.731. The van der Waals surface area contributed by atoms with Gasteiger partial charge in [-0.1, -0.05) is 6.07 Å². The normalized spacial score (nSPS) is 14.3. The second-order valence-electron chi connectivity index (χ2n) is 4.91. The highest BCUT2D eigenvalue weighted by Crippen LogP contribution is 2.29. The fraction of sp³-hybridized carbons (Fsp3) is 0.286. The molecule has 1 aliphatic carbocycles. The summed E-state index contributed by atoms with van der Waals surface area (Å²) in [5, 5.41) is 8.97. The Morgan fingerprint density at radius 1 is 1.35 bits per heavy atom. The maximum atomic E-state index is 13.8. The summed E-state index contributed by atoms with van der Waals surface area (Å²) >= 11 is 0. The third-order valence-corrected chi connectivity index (χ3v) is 3.34. The molecule has 6 heteroatoms. The number of H-pyrrole nitrogens is 1. The smallest absolute Gasteiger partial charge is 0.255 e. The van der Waals surface area contributed by atoms with Crippen LogP contribution in [0, 0.1) is 17.6 Å². The highest BCUT2D eigenvalue weighted by atomic mass is 19.1. The number of aromatic nitrogens is 2. The second kappa shape index (κ2) is 5.03. The van der Waals surface area contributed by atoms with Crippen LogP contribution in [0.15, 0.2) is 24.4 Å². The fourth-order valence-corrected chi connectivity index (χ4v) is 2.04. The van der Waals surface area contributed by atoms with Crippen LogP contribution in [-0.2, 0) is 0 Å². The van der Waals surface area contributed by atoms with Crippen molar-refractivity contribution in [2.24, 2.45) is 5.92 Å². The van der Waals surface area contributed by atoms with Crippen molar-refractivity contribution in [3.63, 3.8) is 0 Å². The minimum absolute atomic E-state index is 0.0638. The molecule has 0 saturated heterocycles. The van der Waals surface area contributed by atoms with E-state index in [9.17, 15) is 13.6 Å². The number of carbonyl (C=O) groups excluding carboxylic acids is 1. The summed E-state index contributed by atoms with van der Waals surface area (Å²) in [6, 6.07) is 3.56. The van der Waals surface area contributed by atoms with Crippen LogP contribution in [0.2, 0.25) is 0 Å². The molecule has 0 atom stereocenters. The number of carbonyl (C=O) groups is 1. The van der Waals surface area contributed by atoms with Gasteiger partial charge in [0, 0.05) is 6.54 Å². The SMILES string of the molecule is O=C(NCC1CC1)c1cn[nH]c1-c1c(F)cccc1F. The molecular formula is C14H13F2N3O. The third kappa shape index (κ3) is 2.41. The lowest BCUT2D eigenvalue weighted by atomic mass is 10.1. The van der Waals surface area contributed by atoms with Gasteiger partial charge in [0.05, 0.1) is 23.0 Å². The molecule has 1 saturated carbocycles. The van der Waals surface area contributed by atoms with Crippen molar-refractivity contribution in [2.75, 3.05) is 6.54 Å². The van der Waals surface area contributed by atoms with E-state index in [1.807, 2.05) is 0 Å². The molecule has 1 heterocycles. The van der Waals surface area contributed by atoms with Crippen LogP contribution < -0.4 is 5.32 Å². The monoisotopic (exact) mass is 277 g/mol. The summed E-state index contributed by atoms with van der Waals surface area (Å²) < 4.78 is 27.5. The van der Waals surface area contributed by atoms with Crippen molar-refractivity contribution in [3.8, 4) is 11.3 Å². The number of amides is 1. The van der Waals surface area contributed by atoms with E-state index in [1.165, 1.54) is 12.3 Å². The Balaban J connectivity index is 1.90. The predicted octanol–water partition coefficient (Wildman–Crippen LogP) is 2.49. The first-order valence-electron chi connectivity index (χ1n) is 6.42. The summed E-state index contributed by atoms with van der Waals surface area (Å²) in [5.41, 5.74) is -0.0508. The number of halogens is 2. The molecule has 2 N–H and O–H groups in total. The average molecular weight is 277 g/mol. The van der Waals surface area contributed by atoms with Gasteiger partial charge in [-0.25, -0.2) is 8.78 Å². The van der Waals surface area contributed by atoms with E-state index in [0.717, 1.165) is 25.0 Å². The topological polar surface area (TPSA) is 57.8 Å². The van der Waals surface area contributed by atoms with E-state index < -0.39 is 11.6 Å². The molecule has 1 aromatic heterocycles. The predicted molar refractivity (Wildman–Crippen MR) is 69.0 cm³/mol. The largest absolute Gasteiger partial charge is 0.352 e. The van der Waals surface area contributed by atoms with Crippen LogP contribution in [0.25, 0.3) is 11.3 Å². The Kier molecular flexibility index (Phi) is 3.22. The molecule has 0 unspecified atom stereocenters. The van der Waals surface area contributed by atoms with Crippen LogP contribution in [-0.4, -0.2) is 22.6 Å². The van der Waals surface area contributed by atoms with Gasteiger partial charge in [0.2, 0.25) is 0 Å². The molecule has 0 spiro atoms. The number of hydrogen-bond acceptors (Lipinski definition) is 2. The van der Waals surface area contributed by atoms with Gasteiger partial charge in [0.25, 0.3) is 5.91 Å². The van der Waals surface area contributed by atoms with Gasteiger partial charge in [-0.2, -0.15) is 5.10 Å². The Labute approximate surface area is 114 Å². The Morgan fingerprint density at radius 3 is 2.70 bits per heavy atom. The number of nitrogens with one attached hydrogen (secondary N) is 2. The highest BCUT2D eigenvalue weighted by Gasteiger charge is 2.24. The number of nitrogens with zero attached hydrogens (tertiary/aromatic N) is 1. The van der Waals surface area contributed by atoms with Crippen LogP contribution >= 0.6 is 0 Å². The average Bonchev–Trinajstić information content (AvgIpc) is 3.13. The highest BCUT2D eigenvalue weighted by molar-refractivity contribution is 5.99. The molecule has 0 bridgehead atoms. The van der Waals surface area contributed by atoms with E-state index in [0.29, 0.717) is 12.5 Å². The summed E-state index contributed by atoms with van der Waals surface area (Å²) in [4.78, 5) is 12.0. The Morgan fingerprint density at radius 2 is 2.05 bits per heavy atom. The molecule has 104 valence electrons. The number of benzene rings is 1. The van der Waals surface area contributed by atoms with Gasteiger partial charge in [-0.05, 0) is 30.9 Å². The molecule has 20 heavy (non-hydrogen) atoms. The van der Waals surface area contributed by atoms with E-state index in [1.54, 1.807) is 0 Å². The molecule has 2 aromatic rings. The second-order valence-corrected chi connectivity index (χ2v) is 4.91. The molecule has 1 amide bonds. The van der Waals surface area contributed by atoms with Gasteiger partial charge in [-0.15, -0.1) is 0 Å². The summed E-state index contributed by atoms with van der Waals surface area (Å²) in [6.07, 6.45) is 3.50. The molecule has 4 nitrogen and oxygen atoms in total. The van der Waals surface area contributed by atoms with E-state index in [4.69, 9.17) is 0 Å². The quantitative estimate of drug-likeness (QED) is 0.902. The standard InChI is InChI=1S/C14H13F2N3O/c15-10-2-1-3-11(16)12(10)13-9(7-18-19-13)14(20)17-6-8-4-5-8/h1-3,7-8H,4-6H2,(H,17,20)(H,18,19). The Bertz CT molecular complexity index is 629. The van der Waals surface area contributed by atoms with Gasteiger partial charge < -0.3 is 5.32 Å². The van der Waals surface area contributed by atoms with Crippen molar-refractivity contribution < 1.29 is 13.6 Å². The van der Waals surface area contributed by atoms with Crippen molar-refractivity contribution in [2.45, 2.75) is 12.8 Å². The fourth-order valence-electron chi connectivity index (χ4n) is 2.04. The molecule has 1 aliphatic rings. The molecule has 0 radical (unpaired) electrons. The van der Waals surface area contributed by atoms with Crippen LogP contribution in [0.4, 0.5) is 8.78 Å². The van der Waals surface area contributed by atoms with E-state index >= 15 is 0 Å². The molecule has 0 aliphatic heterocycles. The van der Waals surface area contributed by atoms with E-state index in [2.05, 4.69) is 15.5 Å². The van der Waals surface area contributed by atoms with Crippen molar-refractivity contribution >= 4 is 5.91 Å². The van der Waals surface area contributed by atoms with Crippen molar-refractivity contribution in [1.82, 2.24) is 15.5 Å². The number of aromatic amines is 1.